The molecule has 0 bridgehead atoms. The maximum absolute atomic E-state index is 12.6. The van der Waals surface area contributed by atoms with E-state index in [2.05, 4.69) is 10.6 Å². The van der Waals surface area contributed by atoms with Crippen LogP contribution in [-0.4, -0.2) is 32.6 Å². The van der Waals surface area contributed by atoms with Gasteiger partial charge in [-0.1, -0.05) is 18.2 Å². The van der Waals surface area contributed by atoms with Crippen LogP contribution in [0.15, 0.2) is 42.5 Å². The summed E-state index contributed by atoms with van der Waals surface area (Å²) in [6.07, 6.45) is 2.23. The smallest absolute Gasteiger partial charge is 0.337 e. The second-order valence-corrected chi connectivity index (χ2v) is 7.03. The van der Waals surface area contributed by atoms with Gasteiger partial charge in [0.25, 0.3) is 0 Å². The van der Waals surface area contributed by atoms with Gasteiger partial charge in [-0.3, -0.25) is 4.79 Å². The van der Waals surface area contributed by atoms with Crippen LogP contribution in [0.1, 0.15) is 40.4 Å². The molecule has 6 heteroatoms. The van der Waals surface area contributed by atoms with E-state index in [1.165, 1.54) is 7.11 Å². The lowest BCUT2D eigenvalue weighted by molar-refractivity contribution is -0.120. The molecule has 2 aromatic carbocycles. The van der Waals surface area contributed by atoms with Crippen LogP contribution in [0.5, 0.6) is 5.75 Å². The fraction of sp³-hybridized carbons (Fsp3) is 0.364. The van der Waals surface area contributed by atoms with Gasteiger partial charge in [0, 0.05) is 5.69 Å². The lowest BCUT2D eigenvalue weighted by Crippen LogP contribution is -2.34. The number of methoxy groups -OCH3 is 2. The van der Waals surface area contributed by atoms with E-state index in [1.54, 1.807) is 19.2 Å². The van der Waals surface area contributed by atoms with Gasteiger partial charge in [-0.2, -0.15) is 0 Å². The number of benzene rings is 2. The Morgan fingerprint density at radius 3 is 2.43 bits per heavy atom. The van der Waals surface area contributed by atoms with Gasteiger partial charge >= 0.3 is 5.97 Å². The van der Waals surface area contributed by atoms with E-state index < -0.39 is 5.97 Å². The van der Waals surface area contributed by atoms with E-state index in [4.69, 9.17) is 9.47 Å². The third-order valence-electron chi connectivity index (χ3n) is 4.98. The zero-order valence-electron chi connectivity index (χ0n) is 16.5. The number of hydrogen-bond acceptors (Lipinski definition) is 5. The average molecular weight is 382 g/mol. The van der Waals surface area contributed by atoms with Gasteiger partial charge in [-0.05, 0) is 61.1 Å². The Kier molecular flexibility index (Phi) is 6.19. The first kappa shape index (κ1) is 19.7. The molecule has 1 unspecified atom stereocenters. The molecule has 1 atom stereocenters. The van der Waals surface area contributed by atoms with Gasteiger partial charge in [0.05, 0.1) is 32.4 Å². The van der Waals surface area contributed by atoms with Crippen LogP contribution in [0, 0.1) is 12.8 Å². The molecule has 6 nitrogen and oxygen atoms in total. The van der Waals surface area contributed by atoms with Crippen LogP contribution in [0.25, 0.3) is 0 Å². The topological polar surface area (TPSA) is 76.7 Å². The number of esters is 1. The lowest BCUT2D eigenvalue weighted by atomic mass is 10.0. The molecule has 1 aliphatic rings. The molecule has 0 heterocycles. The predicted octanol–water partition coefficient (Wildman–Crippen LogP) is 3.47. The van der Waals surface area contributed by atoms with Gasteiger partial charge in [0.2, 0.25) is 5.91 Å². The Balaban J connectivity index is 1.63. The summed E-state index contributed by atoms with van der Waals surface area (Å²) in [6, 6.07) is 13.1. The Morgan fingerprint density at radius 2 is 1.82 bits per heavy atom. The summed E-state index contributed by atoms with van der Waals surface area (Å²) in [5.41, 5.74) is 3.23. The van der Waals surface area contributed by atoms with Crippen LogP contribution >= 0.6 is 0 Å². The van der Waals surface area contributed by atoms with Gasteiger partial charge in [0.15, 0.2) is 0 Å². The van der Waals surface area contributed by atoms with Crippen molar-refractivity contribution in [3.05, 3.63) is 59.2 Å². The molecular weight excluding hydrogens is 356 g/mol. The van der Waals surface area contributed by atoms with Crippen LogP contribution < -0.4 is 15.4 Å². The normalized spacial score (nSPS) is 14.1. The monoisotopic (exact) mass is 382 g/mol. The van der Waals surface area contributed by atoms with Crippen molar-refractivity contribution in [1.82, 2.24) is 5.32 Å². The summed E-state index contributed by atoms with van der Waals surface area (Å²) in [5, 5.41) is 6.26. The Hall–Kier alpha value is -3.02. The molecule has 0 radical (unpaired) electrons. The second-order valence-electron chi connectivity index (χ2n) is 7.03. The third-order valence-corrected chi connectivity index (χ3v) is 4.98. The first-order valence-corrected chi connectivity index (χ1v) is 9.38. The molecule has 1 amide bonds. The highest BCUT2D eigenvalue weighted by Gasteiger charge is 2.33. The zero-order valence-corrected chi connectivity index (χ0v) is 16.5. The standard InChI is InChI=1S/C22H26N2O4/c1-14-4-5-17(22(26)28-3)12-19(14)23-13-20(25)24-21(15-6-7-15)16-8-10-18(27-2)11-9-16/h4-5,8-12,15,21,23H,6-7,13H2,1-3H3,(H,24,25). The van der Waals surface area contributed by atoms with Crippen LogP contribution in [0.3, 0.4) is 0 Å². The maximum atomic E-state index is 12.6. The van der Waals surface area contributed by atoms with Crippen molar-refractivity contribution in [1.29, 1.82) is 0 Å². The Bertz CT molecular complexity index is 844. The summed E-state index contributed by atoms with van der Waals surface area (Å²) in [4.78, 5) is 24.3. The van der Waals surface area contributed by atoms with Crippen molar-refractivity contribution < 1.29 is 19.1 Å². The number of carbonyl (C=O) groups excluding carboxylic acids is 2. The Labute approximate surface area is 165 Å². The van der Waals surface area contributed by atoms with Crippen molar-refractivity contribution in [2.45, 2.75) is 25.8 Å². The molecule has 28 heavy (non-hydrogen) atoms. The number of hydrogen-bond donors (Lipinski definition) is 2. The second kappa shape index (κ2) is 8.78. The molecule has 2 aromatic rings. The minimum Gasteiger partial charge on any atom is -0.497 e. The minimum absolute atomic E-state index is 0.00251. The maximum Gasteiger partial charge on any atom is 0.337 e. The molecule has 3 rings (SSSR count). The van der Waals surface area contributed by atoms with E-state index in [0.29, 0.717) is 11.5 Å². The van der Waals surface area contributed by atoms with Crippen LogP contribution in [-0.2, 0) is 9.53 Å². The van der Waals surface area contributed by atoms with E-state index in [9.17, 15) is 9.59 Å². The Morgan fingerprint density at radius 1 is 1.11 bits per heavy atom. The van der Waals surface area contributed by atoms with Gasteiger partial charge in [0.1, 0.15) is 5.75 Å². The molecular formula is C22H26N2O4. The molecule has 2 N–H and O–H groups in total. The third kappa shape index (κ3) is 4.82. The number of anilines is 1. The fourth-order valence-corrected chi connectivity index (χ4v) is 3.17. The number of ether oxygens (including phenoxy) is 2. The lowest BCUT2D eigenvalue weighted by Gasteiger charge is -2.20. The highest BCUT2D eigenvalue weighted by molar-refractivity contribution is 5.91. The first-order valence-electron chi connectivity index (χ1n) is 9.38. The SMILES string of the molecule is COC(=O)c1ccc(C)c(NCC(=O)NC(c2ccc(OC)cc2)C2CC2)c1. The summed E-state index contributed by atoms with van der Waals surface area (Å²) < 4.78 is 9.96. The van der Waals surface area contributed by atoms with E-state index in [-0.39, 0.29) is 18.5 Å². The van der Waals surface area contributed by atoms with Gasteiger partial charge in [-0.15, -0.1) is 0 Å². The van der Waals surface area contributed by atoms with Crippen molar-refractivity contribution in [3.8, 4) is 5.75 Å². The zero-order chi connectivity index (χ0) is 20.1. The highest BCUT2D eigenvalue weighted by atomic mass is 16.5. The molecule has 0 aliphatic heterocycles. The summed E-state index contributed by atoms with van der Waals surface area (Å²) in [5.74, 6) is 0.783. The molecule has 1 saturated carbocycles. The summed E-state index contributed by atoms with van der Waals surface area (Å²) in [6.45, 7) is 2.05. The minimum atomic E-state index is -0.402. The number of aryl methyl sites for hydroxylation is 1. The van der Waals surface area contributed by atoms with Crippen molar-refractivity contribution in [3.63, 3.8) is 0 Å². The van der Waals surface area contributed by atoms with Crippen LogP contribution in [0.4, 0.5) is 5.69 Å². The average Bonchev–Trinajstić information content (AvgIpc) is 3.56. The largest absolute Gasteiger partial charge is 0.497 e. The molecule has 0 saturated heterocycles. The first-order chi connectivity index (χ1) is 13.5. The van der Waals surface area contributed by atoms with Crippen LogP contribution in [0.2, 0.25) is 0 Å². The van der Waals surface area contributed by atoms with E-state index in [0.717, 1.165) is 35.4 Å². The summed E-state index contributed by atoms with van der Waals surface area (Å²) >= 11 is 0. The molecule has 148 valence electrons. The van der Waals surface area contributed by atoms with E-state index >= 15 is 0 Å². The number of nitrogens with one attached hydrogen (secondary N) is 2. The molecule has 1 fully saturated rings. The van der Waals surface area contributed by atoms with Crippen molar-refractivity contribution in [2.24, 2.45) is 5.92 Å². The number of rotatable bonds is 8. The summed E-state index contributed by atoms with van der Waals surface area (Å²) in [7, 11) is 2.98. The number of amides is 1. The molecule has 0 spiro atoms. The van der Waals surface area contributed by atoms with E-state index in [1.807, 2.05) is 37.3 Å². The van der Waals surface area contributed by atoms with Gasteiger partial charge < -0.3 is 20.1 Å². The predicted molar refractivity (Wildman–Crippen MR) is 108 cm³/mol. The van der Waals surface area contributed by atoms with Gasteiger partial charge in [-0.25, -0.2) is 4.79 Å². The van der Waals surface area contributed by atoms with Crippen molar-refractivity contribution >= 4 is 17.6 Å². The quantitative estimate of drug-likeness (QED) is 0.684. The molecule has 1 aliphatic carbocycles. The molecule has 0 aromatic heterocycles. The fourth-order valence-electron chi connectivity index (χ4n) is 3.17. The number of carbonyl (C=O) groups is 2. The highest BCUT2D eigenvalue weighted by Crippen LogP contribution is 2.41. The van der Waals surface area contributed by atoms with Crippen molar-refractivity contribution in [2.75, 3.05) is 26.1 Å².